The van der Waals surface area contributed by atoms with Crippen molar-refractivity contribution in [2.24, 2.45) is 0 Å². The van der Waals surface area contributed by atoms with Crippen LogP contribution in [0.2, 0.25) is 0 Å². The number of carbonyl (C=O) groups is 1. The molecule has 0 saturated carbocycles. The van der Waals surface area contributed by atoms with Gasteiger partial charge in [-0.25, -0.2) is 12.8 Å². The number of halogens is 4. The zero-order valence-electron chi connectivity index (χ0n) is 20.0. The van der Waals surface area contributed by atoms with Gasteiger partial charge >= 0.3 is 6.18 Å². The summed E-state index contributed by atoms with van der Waals surface area (Å²) in [6, 6.07) is 16.2. The Hall–Kier alpha value is -3.50. The Morgan fingerprint density at radius 1 is 0.974 bits per heavy atom. The third kappa shape index (κ3) is 5.23. The number of sulfonamides is 1. The summed E-state index contributed by atoms with van der Waals surface area (Å²) in [5.41, 5.74) is 1.65. The maximum absolute atomic E-state index is 13.5. The molecular weight excluding hydrogens is 522 g/mol. The summed E-state index contributed by atoms with van der Waals surface area (Å²) in [6.45, 7) is 0.174. The van der Waals surface area contributed by atoms with Crippen molar-refractivity contribution in [1.29, 1.82) is 0 Å². The quantitative estimate of drug-likeness (QED) is 0.245. The van der Waals surface area contributed by atoms with Crippen molar-refractivity contribution in [3.8, 4) is 11.1 Å². The fourth-order valence-electron chi connectivity index (χ4n) is 4.77. The van der Waals surface area contributed by atoms with Crippen LogP contribution in [0.5, 0.6) is 0 Å². The second-order valence-electron chi connectivity index (χ2n) is 9.26. The standard InChI is InChI=1S/C28H23F4NO4S/c29-23-11-13-26-21(16-23)17-27(37-26)38(35,36)33-14-2-5-24(33)25(34)12-6-18-3-1-4-20(15-18)19-7-9-22(10-8-19)28(30,31)32/h1,3-4,7-11,13,15-17,24H,2,5-6,12,14H2. The van der Waals surface area contributed by atoms with Gasteiger partial charge in [0, 0.05) is 24.4 Å². The molecule has 198 valence electrons. The Balaban J connectivity index is 1.28. The highest BCUT2D eigenvalue weighted by Crippen LogP contribution is 2.33. The van der Waals surface area contributed by atoms with Crippen molar-refractivity contribution in [1.82, 2.24) is 4.31 Å². The topological polar surface area (TPSA) is 67.6 Å². The van der Waals surface area contributed by atoms with Crippen molar-refractivity contribution in [2.75, 3.05) is 6.54 Å². The molecule has 1 unspecified atom stereocenters. The van der Waals surface area contributed by atoms with E-state index in [4.69, 9.17) is 4.42 Å². The normalized spacial score (nSPS) is 16.8. The molecule has 0 radical (unpaired) electrons. The van der Waals surface area contributed by atoms with E-state index < -0.39 is 33.6 Å². The molecule has 4 aromatic rings. The molecule has 1 saturated heterocycles. The highest BCUT2D eigenvalue weighted by Gasteiger charge is 2.40. The van der Waals surface area contributed by atoms with Gasteiger partial charge in [-0.15, -0.1) is 0 Å². The lowest BCUT2D eigenvalue weighted by Gasteiger charge is -2.21. The Morgan fingerprint density at radius 2 is 1.74 bits per heavy atom. The fourth-order valence-corrected chi connectivity index (χ4v) is 6.40. The molecule has 0 aliphatic carbocycles. The highest BCUT2D eigenvalue weighted by molar-refractivity contribution is 7.89. The van der Waals surface area contributed by atoms with Crippen molar-refractivity contribution >= 4 is 26.8 Å². The van der Waals surface area contributed by atoms with Crippen molar-refractivity contribution in [3.05, 3.63) is 89.7 Å². The number of Topliss-reactive ketones (excluding diaryl/α,β-unsaturated/α-hetero) is 1. The zero-order valence-corrected chi connectivity index (χ0v) is 20.9. The molecule has 3 aromatic carbocycles. The first-order valence-corrected chi connectivity index (χ1v) is 13.5. The number of carbonyl (C=O) groups excluding carboxylic acids is 1. The van der Waals surface area contributed by atoms with E-state index in [1.807, 2.05) is 12.1 Å². The van der Waals surface area contributed by atoms with Crippen LogP contribution in [0.3, 0.4) is 0 Å². The molecule has 1 aliphatic heterocycles. The number of rotatable bonds is 7. The molecule has 2 heterocycles. The van der Waals surface area contributed by atoms with Gasteiger partial charge in [0.1, 0.15) is 11.4 Å². The number of hydrogen-bond donors (Lipinski definition) is 0. The molecule has 0 bridgehead atoms. The van der Waals surface area contributed by atoms with Crippen LogP contribution < -0.4 is 0 Å². The Morgan fingerprint density at radius 3 is 2.47 bits per heavy atom. The third-order valence-corrected chi connectivity index (χ3v) is 8.49. The summed E-state index contributed by atoms with van der Waals surface area (Å²) >= 11 is 0. The van der Waals surface area contributed by atoms with Gasteiger partial charge in [-0.05, 0) is 66.3 Å². The average Bonchev–Trinajstić information content (AvgIpc) is 3.55. The van der Waals surface area contributed by atoms with Crippen LogP contribution in [0.4, 0.5) is 17.6 Å². The summed E-state index contributed by atoms with van der Waals surface area (Å²) in [5.74, 6) is -0.743. The zero-order chi connectivity index (χ0) is 27.1. The van der Waals surface area contributed by atoms with E-state index in [0.717, 1.165) is 27.6 Å². The van der Waals surface area contributed by atoms with Crippen LogP contribution >= 0.6 is 0 Å². The molecule has 1 aliphatic rings. The van der Waals surface area contributed by atoms with E-state index in [9.17, 15) is 30.8 Å². The Bertz CT molecular complexity index is 1590. The lowest BCUT2D eigenvalue weighted by Crippen LogP contribution is -2.40. The molecule has 38 heavy (non-hydrogen) atoms. The first-order valence-electron chi connectivity index (χ1n) is 12.0. The minimum atomic E-state index is -4.41. The van der Waals surface area contributed by atoms with Gasteiger partial charge in [-0.1, -0.05) is 36.4 Å². The number of benzene rings is 3. The molecule has 10 heteroatoms. The Kier molecular flexibility index (Phi) is 6.87. The number of furan rings is 1. The van der Waals surface area contributed by atoms with Gasteiger partial charge in [-0.3, -0.25) is 4.79 Å². The second-order valence-corrected chi connectivity index (χ2v) is 11.1. The van der Waals surface area contributed by atoms with Gasteiger partial charge in [0.2, 0.25) is 5.09 Å². The van der Waals surface area contributed by atoms with E-state index in [1.54, 1.807) is 12.1 Å². The summed E-state index contributed by atoms with van der Waals surface area (Å²) in [4.78, 5) is 13.1. The van der Waals surface area contributed by atoms with E-state index in [0.29, 0.717) is 30.2 Å². The minimum Gasteiger partial charge on any atom is -0.443 e. The van der Waals surface area contributed by atoms with E-state index in [1.165, 1.54) is 36.4 Å². The van der Waals surface area contributed by atoms with Crippen LogP contribution in [0.1, 0.15) is 30.4 Å². The molecule has 1 fully saturated rings. The fraction of sp³-hybridized carbons (Fsp3) is 0.250. The highest BCUT2D eigenvalue weighted by atomic mass is 32.2. The molecule has 0 spiro atoms. The van der Waals surface area contributed by atoms with E-state index in [2.05, 4.69) is 0 Å². The maximum atomic E-state index is 13.5. The van der Waals surface area contributed by atoms with E-state index >= 15 is 0 Å². The molecule has 0 amide bonds. The molecule has 5 rings (SSSR count). The first-order chi connectivity index (χ1) is 18.0. The smallest absolute Gasteiger partial charge is 0.416 e. The number of ketones is 1. The molecular formula is C28H23F4NO4S. The number of hydrogen-bond acceptors (Lipinski definition) is 4. The number of alkyl halides is 3. The van der Waals surface area contributed by atoms with Crippen LogP contribution in [0.25, 0.3) is 22.1 Å². The summed E-state index contributed by atoms with van der Waals surface area (Å²) in [6.07, 6.45) is -3.06. The lowest BCUT2D eigenvalue weighted by atomic mass is 9.98. The summed E-state index contributed by atoms with van der Waals surface area (Å²) in [7, 11) is -4.10. The monoisotopic (exact) mass is 545 g/mol. The average molecular weight is 546 g/mol. The summed E-state index contributed by atoms with van der Waals surface area (Å²) < 4.78 is 85.3. The third-order valence-electron chi connectivity index (χ3n) is 6.73. The number of fused-ring (bicyclic) bond motifs is 1. The Labute approximate surface area is 216 Å². The van der Waals surface area contributed by atoms with Gasteiger partial charge < -0.3 is 4.42 Å². The van der Waals surface area contributed by atoms with Crippen molar-refractivity contribution in [2.45, 2.75) is 43.0 Å². The second kappa shape index (κ2) is 9.99. The number of aryl methyl sites for hydroxylation is 1. The SMILES string of the molecule is O=C(CCc1cccc(-c2ccc(C(F)(F)F)cc2)c1)C1CCCN1S(=O)(=O)c1cc2cc(F)ccc2o1. The first kappa shape index (κ1) is 26.1. The number of nitrogens with zero attached hydrogens (tertiary/aromatic N) is 1. The predicted molar refractivity (Wildman–Crippen MR) is 133 cm³/mol. The lowest BCUT2D eigenvalue weighted by molar-refractivity contribution is -0.137. The van der Waals surface area contributed by atoms with E-state index in [-0.39, 0.29) is 29.4 Å². The molecule has 1 aromatic heterocycles. The van der Waals surface area contributed by atoms with Crippen molar-refractivity contribution in [3.63, 3.8) is 0 Å². The van der Waals surface area contributed by atoms with Crippen LogP contribution in [-0.4, -0.2) is 31.1 Å². The minimum absolute atomic E-state index is 0.0957. The van der Waals surface area contributed by atoms with Crippen LogP contribution in [0, 0.1) is 5.82 Å². The molecule has 5 nitrogen and oxygen atoms in total. The molecule has 1 atom stereocenters. The van der Waals surface area contributed by atoms with Gasteiger partial charge in [0.25, 0.3) is 10.0 Å². The maximum Gasteiger partial charge on any atom is 0.416 e. The predicted octanol–water partition coefficient (Wildman–Crippen LogP) is 6.61. The van der Waals surface area contributed by atoms with Gasteiger partial charge in [-0.2, -0.15) is 17.5 Å². The van der Waals surface area contributed by atoms with Crippen molar-refractivity contribution < 1.29 is 35.2 Å². The van der Waals surface area contributed by atoms with Gasteiger partial charge in [0.15, 0.2) is 5.78 Å². The van der Waals surface area contributed by atoms with Crippen LogP contribution in [-0.2, 0) is 27.4 Å². The van der Waals surface area contributed by atoms with Crippen LogP contribution in [0.15, 0.2) is 82.3 Å². The van der Waals surface area contributed by atoms with Gasteiger partial charge in [0.05, 0.1) is 11.6 Å². The largest absolute Gasteiger partial charge is 0.443 e. The summed E-state index contributed by atoms with van der Waals surface area (Å²) in [5, 5.41) is -0.0133. The molecule has 0 N–H and O–H groups in total.